The van der Waals surface area contributed by atoms with Crippen molar-refractivity contribution in [2.45, 2.75) is 13.2 Å². The van der Waals surface area contributed by atoms with E-state index in [1.54, 1.807) is 36.4 Å². The van der Waals surface area contributed by atoms with Crippen LogP contribution in [0.3, 0.4) is 0 Å². The standard InChI is InChI=1S/C23H20FNO4/c24-20-12-8-17(9-13-20)14-25-22(26)16-29-23(27)19-10-6-18(7-11-19)15-28-21-4-2-1-3-5-21/h1-13H,14-16H2,(H,25,26). The first kappa shape index (κ1) is 20.1. The number of esters is 1. The molecule has 0 bridgehead atoms. The van der Waals surface area contributed by atoms with Crippen molar-refractivity contribution >= 4 is 11.9 Å². The average Bonchev–Trinajstić information content (AvgIpc) is 2.76. The minimum atomic E-state index is -0.586. The summed E-state index contributed by atoms with van der Waals surface area (Å²) in [6.07, 6.45) is 0. The summed E-state index contributed by atoms with van der Waals surface area (Å²) in [6, 6.07) is 22.0. The Morgan fingerprint density at radius 1 is 0.828 bits per heavy atom. The molecule has 1 amide bonds. The Morgan fingerprint density at radius 2 is 1.48 bits per heavy atom. The lowest BCUT2D eigenvalue weighted by atomic mass is 10.1. The zero-order valence-electron chi connectivity index (χ0n) is 15.6. The molecule has 29 heavy (non-hydrogen) atoms. The van der Waals surface area contributed by atoms with Gasteiger partial charge in [-0.2, -0.15) is 0 Å². The molecule has 0 saturated carbocycles. The first-order valence-electron chi connectivity index (χ1n) is 9.05. The van der Waals surface area contributed by atoms with Gasteiger partial charge in [0.15, 0.2) is 6.61 Å². The topological polar surface area (TPSA) is 64.6 Å². The number of hydrogen-bond donors (Lipinski definition) is 1. The molecule has 0 atom stereocenters. The first-order valence-corrected chi connectivity index (χ1v) is 9.05. The van der Waals surface area contributed by atoms with E-state index in [0.717, 1.165) is 16.9 Å². The molecule has 148 valence electrons. The predicted octanol–water partition coefficient (Wildman–Crippen LogP) is 3.88. The normalized spacial score (nSPS) is 10.2. The van der Waals surface area contributed by atoms with Gasteiger partial charge in [-0.3, -0.25) is 4.79 Å². The number of rotatable bonds is 8. The second-order valence-electron chi connectivity index (χ2n) is 6.28. The summed E-state index contributed by atoms with van der Waals surface area (Å²) >= 11 is 0. The van der Waals surface area contributed by atoms with E-state index >= 15 is 0 Å². The summed E-state index contributed by atoms with van der Waals surface area (Å²) in [5.41, 5.74) is 2.00. The van der Waals surface area contributed by atoms with E-state index in [2.05, 4.69) is 5.32 Å². The van der Waals surface area contributed by atoms with Crippen LogP contribution >= 0.6 is 0 Å². The lowest BCUT2D eigenvalue weighted by Crippen LogP contribution is -2.28. The Labute approximate surface area is 168 Å². The van der Waals surface area contributed by atoms with Gasteiger partial charge < -0.3 is 14.8 Å². The molecule has 0 saturated heterocycles. The number of nitrogens with one attached hydrogen (secondary N) is 1. The molecule has 6 heteroatoms. The van der Waals surface area contributed by atoms with Gasteiger partial charge in [-0.25, -0.2) is 9.18 Å². The van der Waals surface area contributed by atoms with E-state index in [1.807, 2.05) is 30.3 Å². The van der Waals surface area contributed by atoms with Crippen LogP contribution in [0.5, 0.6) is 5.75 Å². The van der Waals surface area contributed by atoms with Crippen molar-refractivity contribution in [2.24, 2.45) is 0 Å². The van der Waals surface area contributed by atoms with Gasteiger partial charge in [-0.05, 0) is 47.5 Å². The number of para-hydroxylation sites is 1. The van der Waals surface area contributed by atoms with Crippen LogP contribution in [0.4, 0.5) is 4.39 Å². The quantitative estimate of drug-likeness (QED) is 0.590. The summed E-state index contributed by atoms with van der Waals surface area (Å²) in [6.45, 7) is 0.219. The fraction of sp³-hybridized carbons (Fsp3) is 0.130. The van der Waals surface area contributed by atoms with Crippen LogP contribution in [0.2, 0.25) is 0 Å². The van der Waals surface area contributed by atoms with Crippen LogP contribution in [-0.4, -0.2) is 18.5 Å². The smallest absolute Gasteiger partial charge is 0.338 e. The Bertz CT molecular complexity index is 941. The van der Waals surface area contributed by atoms with E-state index in [0.29, 0.717) is 12.2 Å². The van der Waals surface area contributed by atoms with Crippen molar-refractivity contribution < 1.29 is 23.5 Å². The molecule has 5 nitrogen and oxygen atoms in total. The molecule has 0 fully saturated rings. The monoisotopic (exact) mass is 393 g/mol. The maximum atomic E-state index is 12.9. The van der Waals surface area contributed by atoms with E-state index in [4.69, 9.17) is 9.47 Å². The molecule has 3 aromatic rings. The van der Waals surface area contributed by atoms with Gasteiger partial charge in [0.05, 0.1) is 5.56 Å². The Balaban J connectivity index is 1.41. The van der Waals surface area contributed by atoms with Crippen molar-refractivity contribution in [2.75, 3.05) is 6.61 Å². The van der Waals surface area contributed by atoms with E-state index < -0.39 is 11.9 Å². The highest BCUT2D eigenvalue weighted by Gasteiger charge is 2.10. The minimum absolute atomic E-state index is 0.229. The maximum Gasteiger partial charge on any atom is 0.338 e. The lowest BCUT2D eigenvalue weighted by molar-refractivity contribution is -0.124. The predicted molar refractivity (Wildman–Crippen MR) is 106 cm³/mol. The third-order valence-electron chi connectivity index (χ3n) is 4.08. The molecule has 0 aliphatic heterocycles. The highest BCUT2D eigenvalue weighted by atomic mass is 19.1. The van der Waals surface area contributed by atoms with Crippen LogP contribution in [-0.2, 0) is 22.7 Å². The van der Waals surface area contributed by atoms with Crippen molar-refractivity contribution in [3.8, 4) is 5.75 Å². The molecule has 3 aromatic carbocycles. The third-order valence-corrected chi connectivity index (χ3v) is 4.08. The zero-order valence-corrected chi connectivity index (χ0v) is 15.6. The number of amides is 1. The number of carbonyl (C=O) groups excluding carboxylic acids is 2. The van der Waals surface area contributed by atoms with Gasteiger partial charge in [0.2, 0.25) is 0 Å². The van der Waals surface area contributed by atoms with Gasteiger partial charge >= 0.3 is 5.97 Å². The van der Waals surface area contributed by atoms with Crippen molar-refractivity contribution in [3.05, 3.63) is 101 Å². The van der Waals surface area contributed by atoms with Crippen LogP contribution in [0, 0.1) is 5.82 Å². The number of benzene rings is 3. The highest BCUT2D eigenvalue weighted by Crippen LogP contribution is 2.12. The van der Waals surface area contributed by atoms with Gasteiger partial charge in [0, 0.05) is 6.54 Å². The minimum Gasteiger partial charge on any atom is -0.489 e. The van der Waals surface area contributed by atoms with Crippen LogP contribution in [0.25, 0.3) is 0 Å². The number of halogens is 1. The Kier molecular flexibility index (Phi) is 6.95. The molecular weight excluding hydrogens is 373 g/mol. The molecule has 0 radical (unpaired) electrons. The summed E-state index contributed by atoms with van der Waals surface area (Å²) in [7, 11) is 0. The SMILES string of the molecule is O=C(COC(=O)c1ccc(COc2ccccc2)cc1)NCc1ccc(F)cc1. The van der Waals surface area contributed by atoms with E-state index in [1.165, 1.54) is 12.1 Å². The largest absolute Gasteiger partial charge is 0.489 e. The molecule has 0 aliphatic rings. The summed E-state index contributed by atoms with van der Waals surface area (Å²) in [5, 5.41) is 2.61. The van der Waals surface area contributed by atoms with E-state index in [9.17, 15) is 14.0 Å². The van der Waals surface area contributed by atoms with Crippen molar-refractivity contribution in [1.82, 2.24) is 5.32 Å². The number of carbonyl (C=O) groups is 2. The lowest BCUT2D eigenvalue weighted by Gasteiger charge is -2.08. The highest BCUT2D eigenvalue weighted by molar-refractivity contribution is 5.91. The van der Waals surface area contributed by atoms with Crippen LogP contribution in [0.15, 0.2) is 78.9 Å². The van der Waals surface area contributed by atoms with Gasteiger partial charge in [-0.15, -0.1) is 0 Å². The molecular formula is C23H20FNO4. The second kappa shape index (κ2) is 10.0. The summed E-state index contributed by atoms with van der Waals surface area (Å²) in [5.74, 6) is -0.595. The molecule has 0 unspecified atom stereocenters. The fourth-order valence-corrected chi connectivity index (χ4v) is 2.49. The molecule has 3 rings (SSSR count). The average molecular weight is 393 g/mol. The van der Waals surface area contributed by atoms with Crippen LogP contribution < -0.4 is 10.1 Å². The first-order chi connectivity index (χ1) is 14.1. The molecule has 0 aromatic heterocycles. The molecule has 0 heterocycles. The third kappa shape index (κ3) is 6.46. The Hall–Kier alpha value is -3.67. The van der Waals surface area contributed by atoms with Crippen molar-refractivity contribution in [3.63, 3.8) is 0 Å². The summed E-state index contributed by atoms with van der Waals surface area (Å²) in [4.78, 5) is 23.9. The molecule has 0 spiro atoms. The number of ether oxygens (including phenoxy) is 2. The number of hydrogen-bond acceptors (Lipinski definition) is 4. The van der Waals surface area contributed by atoms with Gasteiger partial charge in [0.1, 0.15) is 18.2 Å². The fourth-order valence-electron chi connectivity index (χ4n) is 2.49. The van der Waals surface area contributed by atoms with Gasteiger partial charge in [0.25, 0.3) is 5.91 Å². The van der Waals surface area contributed by atoms with E-state index in [-0.39, 0.29) is 19.0 Å². The molecule has 1 N–H and O–H groups in total. The van der Waals surface area contributed by atoms with Crippen molar-refractivity contribution in [1.29, 1.82) is 0 Å². The maximum absolute atomic E-state index is 12.9. The summed E-state index contributed by atoms with van der Waals surface area (Å²) < 4.78 is 23.5. The molecule has 0 aliphatic carbocycles. The van der Waals surface area contributed by atoms with Crippen LogP contribution in [0.1, 0.15) is 21.5 Å². The zero-order chi connectivity index (χ0) is 20.5. The Morgan fingerprint density at radius 3 is 2.17 bits per heavy atom. The second-order valence-corrected chi connectivity index (χ2v) is 6.28. The van der Waals surface area contributed by atoms with Gasteiger partial charge in [-0.1, -0.05) is 42.5 Å².